The molecule has 0 spiro atoms. The number of carbonyl (C=O) groups is 2. The molecular weight excluding hydrogens is 1160 g/mol. The van der Waals surface area contributed by atoms with Crippen molar-refractivity contribution in [1.29, 1.82) is 0 Å². The van der Waals surface area contributed by atoms with Gasteiger partial charge in [0, 0.05) is 47.1 Å². The van der Waals surface area contributed by atoms with Gasteiger partial charge in [-0.05, 0) is 71.6 Å². The number of nitrogens with one attached hydrogen (secondary N) is 2. The minimum absolute atomic E-state index is 0. The van der Waals surface area contributed by atoms with Gasteiger partial charge in [-0.3, -0.25) is 19.6 Å². The summed E-state index contributed by atoms with van der Waals surface area (Å²) in [5.41, 5.74) is 7.82. The van der Waals surface area contributed by atoms with Crippen LogP contribution in [0.1, 0.15) is 60.3 Å². The molecule has 0 unspecified atom stereocenters. The van der Waals surface area contributed by atoms with E-state index in [-0.39, 0.29) is 57.2 Å². The Morgan fingerprint density at radius 1 is 0.365 bits per heavy atom. The molecule has 398 valence electrons. The van der Waals surface area contributed by atoms with Gasteiger partial charge in [-0.15, -0.1) is 41.0 Å². The maximum Gasteiger partial charge on any atom is 2.00 e. The zero-order chi connectivity index (χ0) is 53.9. The molecule has 22 nitrogen and oxygen atoms in total. The van der Waals surface area contributed by atoms with Gasteiger partial charge in [0.2, 0.25) is 0 Å². The van der Waals surface area contributed by atoms with Gasteiger partial charge in [0.05, 0.1) is 24.2 Å². The summed E-state index contributed by atoms with van der Waals surface area (Å²) >= 11 is 0. The van der Waals surface area contributed by atoms with Crippen LogP contribution >= 0.6 is 0 Å². The average Bonchev–Trinajstić information content (AvgIpc) is 3.27. The van der Waals surface area contributed by atoms with Crippen LogP contribution in [0.15, 0.2) is 201 Å². The summed E-state index contributed by atoms with van der Waals surface area (Å²) < 4.78 is 136. The van der Waals surface area contributed by atoms with E-state index in [0.717, 1.165) is 33.4 Å². The number of hydrogen-bond acceptors (Lipinski definition) is 22. The maximum absolute atomic E-state index is 14.1. The number of hydrogen-bond donors (Lipinski definition) is 2. The van der Waals surface area contributed by atoms with E-state index >= 15 is 0 Å². The summed E-state index contributed by atoms with van der Waals surface area (Å²) in [6.07, 6.45) is 14.5. The quantitative estimate of drug-likeness (QED) is 0.192. The molecule has 2 radical (unpaired) electrons. The summed E-state index contributed by atoms with van der Waals surface area (Å²) in [7, 11) is -19.8. The number of aliphatic imine (C=N–C) groups is 2. The molecule has 4 bridgehead atoms. The first-order chi connectivity index (χ1) is 33.4. The smallest absolute Gasteiger partial charge is 0.381 e. The van der Waals surface area contributed by atoms with Crippen molar-refractivity contribution < 1.29 is 159 Å². The summed E-state index contributed by atoms with van der Waals surface area (Å²) in [5, 5.41) is 7.17. The van der Waals surface area contributed by atoms with Gasteiger partial charge >= 0.3 is 33.6 Å². The SMILES string of the molecule is CC1=C/C2=C/N[C@H](c3ccccc3)[C@@H](c3ccccc3)N=CC3=CC(C)=C/C(=C/N[C@H](c4ccccc4)[C@@H](c4ccccc4)N=CC(=C1)C2=O)C3=O.[Co+2].[Co+2].[O-][Cl+3]([O-])([O-])[O-].[O-][Cl+3]([O-])([O-])[O-].[O-][Cl+3]([O-])([O-])[O-].[O-][Cl+3]([O-])([O-])[O-]. The van der Waals surface area contributed by atoms with Crippen molar-refractivity contribution >= 4 is 24.0 Å². The first kappa shape index (κ1) is 67.1. The Kier molecular flexibility index (Phi) is 28.4. The number of fused-ring (bicyclic) bond motifs is 4. The van der Waals surface area contributed by atoms with Crippen LogP contribution in [0.5, 0.6) is 0 Å². The molecule has 2 aliphatic carbocycles. The fourth-order valence-corrected chi connectivity index (χ4v) is 6.84. The molecule has 1 heterocycles. The Labute approximate surface area is 452 Å². The van der Waals surface area contributed by atoms with Gasteiger partial charge < -0.3 is 10.6 Å². The number of allylic oxidation sites excluding steroid dienone is 10. The molecule has 0 fully saturated rings. The van der Waals surface area contributed by atoms with Crippen LogP contribution in [0, 0.1) is 41.0 Å². The van der Waals surface area contributed by atoms with Gasteiger partial charge in [-0.2, -0.15) is 0 Å². The van der Waals surface area contributed by atoms with E-state index in [1.165, 1.54) is 0 Å². The summed E-state index contributed by atoms with van der Waals surface area (Å²) in [4.78, 5) is 38.5. The number of Topliss-reactive ketones (excluding diaryl/α,β-unsaturated/α-hetero) is 2. The summed E-state index contributed by atoms with van der Waals surface area (Å²) in [5.74, 6) is -0.253. The third kappa shape index (κ3) is 27.6. The molecule has 3 aliphatic rings. The Bertz CT molecular complexity index is 2430. The molecular formula is C46H40Cl4Co2N4O18. The van der Waals surface area contributed by atoms with E-state index in [0.29, 0.717) is 22.3 Å². The first-order valence-corrected chi connectivity index (χ1v) is 24.9. The second-order valence-electron chi connectivity index (χ2n) is 14.7. The van der Waals surface area contributed by atoms with Crippen molar-refractivity contribution in [3.8, 4) is 0 Å². The minimum atomic E-state index is -4.94. The largest absolute Gasteiger partial charge is 2.00 e. The van der Waals surface area contributed by atoms with Crippen molar-refractivity contribution in [2.45, 2.75) is 38.0 Å². The number of carbonyl (C=O) groups excluding carboxylic acids is 2. The van der Waals surface area contributed by atoms with Crippen LogP contribution in [0.2, 0.25) is 0 Å². The van der Waals surface area contributed by atoms with E-state index < -0.39 is 53.1 Å². The second-order valence-corrected chi connectivity index (χ2v) is 17.7. The molecule has 4 atom stereocenters. The molecule has 1 aliphatic heterocycles. The van der Waals surface area contributed by atoms with E-state index in [1.54, 1.807) is 24.8 Å². The maximum atomic E-state index is 14.1. The molecule has 28 heteroatoms. The first-order valence-electron chi connectivity index (χ1n) is 20.0. The van der Waals surface area contributed by atoms with Crippen molar-refractivity contribution in [1.82, 2.24) is 10.6 Å². The second kappa shape index (κ2) is 31.2. The molecule has 7 rings (SSSR count). The molecule has 74 heavy (non-hydrogen) atoms. The number of nitrogens with zero attached hydrogens (tertiary/aromatic N) is 2. The van der Waals surface area contributed by atoms with Crippen molar-refractivity contribution in [3.63, 3.8) is 0 Å². The number of rotatable bonds is 4. The normalized spacial score (nSPS) is 20.2. The van der Waals surface area contributed by atoms with Crippen molar-refractivity contribution in [2.24, 2.45) is 9.98 Å². The van der Waals surface area contributed by atoms with Gasteiger partial charge in [0.25, 0.3) is 0 Å². The van der Waals surface area contributed by atoms with Crippen LogP contribution < -0.4 is 85.2 Å². The molecule has 0 saturated carbocycles. The summed E-state index contributed by atoms with van der Waals surface area (Å²) in [6.45, 7) is 3.97. The van der Waals surface area contributed by atoms with Gasteiger partial charge in [0.1, 0.15) is 0 Å². The predicted molar refractivity (Wildman–Crippen MR) is 210 cm³/mol. The zero-order valence-corrected chi connectivity index (χ0v) is 43.0. The molecule has 4 aromatic carbocycles. The number of halogens is 4. The fourth-order valence-electron chi connectivity index (χ4n) is 6.84. The van der Waals surface area contributed by atoms with E-state index in [1.807, 2.05) is 159 Å². The third-order valence-corrected chi connectivity index (χ3v) is 9.40. The topological polar surface area (TPSA) is 452 Å². The fraction of sp³-hybridized carbons (Fsp3) is 0.130. The molecule has 0 amide bonds. The number of ketones is 2. The Balaban J connectivity index is 0.00000106. The number of benzene rings is 4. The Morgan fingerprint density at radius 3 is 0.838 bits per heavy atom. The van der Waals surface area contributed by atoms with E-state index in [9.17, 15) is 9.59 Å². The van der Waals surface area contributed by atoms with Crippen LogP contribution in [-0.4, -0.2) is 24.0 Å². The predicted octanol–water partition coefficient (Wildman–Crippen LogP) is -10.1. The molecule has 0 saturated heterocycles. The standard InChI is InChI=1S/C46H40N4O2.4ClHO4.2Co/c1-31-23-37-27-47-41(33-15-7-3-8-16-33)43(35-19-11-5-12-20-35)49-29-39-25-32(2)26-40(46(39)52)30-50-44(36-21-13-6-14-22-36)42(34-17-9-4-10-18-34)48-28-38(24-31)45(37)51;4*2-1(3,4)5;;/h3-30,41-44,47,50H,1-2H3;4*(H,2,3,4,5);;/q;;;;;2*+2/p-4/b37-27-,40-30-,48-28?,49-29?;;;;;;/t41-,42-,43-,44-;;;;;;/m1....../s1. The molecule has 4 aromatic rings. The zero-order valence-electron chi connectivity index (χ0n) is 37.9. The summed E-state index contributed by atoms with van der Waals surface area (Å²) in [6, 6.07) is 38.6. The average molecular weight is 1200 g/mol. The van der Waals surface area contributed by atoms with Gasteiger partial charge in [-0.25, -0.2) is 74.5 Å². The Morgan fingerprint density at radius 2 is 0.595 bits per heavy atom. The van der Waals surface area contributed by atoms with Crippen molar-refractivity contribution in [3.05, 3.63) is 214 Å². The van der Waals surface area contributed by atoms with Crippen LogP contribution in [-0.2, 0) is 43.1 Å². The van der Waals surface area contributed by atoms with Crippen LogP contribution in [0.25, 0.3) is 0 Å². The third-order valence-electron chi connectivity index (χ3n) is 9.40. The van der Waals surface area contributed by atoms with Gasteiger partial charge in [-0.1, -0.05) is 121 Å². The van der Waals surface area contributed by atoms with Crippen LogP contribution in [0.3, 0.4) is 0 Å². The molecule has 0 aromatic heterocycles. The van der Waals surface area contributed by atoms with Crippen molar-refractivity contribution in [2.75, 3.05) is 0 Å². The minimum Gasteiger partial charge on any atom is -0.381 e. The molecule has 2 N–H and O–H groups in total. The monoisotopic (exact) mass is 1190 g/mol. The Hall–Kier alpha value is -4.87. The van der Waals surface area contributed by atoms with Gasteiger partial charge in [0.15, 0.2) is 11.6 Å². The van der Waals surface area contributed by atoms with E-state index in [4.69, 9.17) is 84.5 Å². The van der Waals surface area contributed by atoms with E-state index in [2.05, 4.69) is 10.6 Å². The van der Waals surface area contributed by atoms with Crippen LogP contribution in [0.4, 0.5) is 0 Å².